The van der Waals surface area contributed by atoms with Crippen molar-refractivity contribution < 1.29 is 14.3 Å². The maximum absolute atomic E-state index is 12.5. The van der Waals surface area contributed by atoms with Crippen molar-refractivity contribution >= 4 is 33.3 Å². The van der Waals surface area contributed by atoms with Crippen molar-refractivity contribution in [1.82, 2.24) is 9.88 Å². The molecule has 2 heterocycles. The van der Waals surface area contributed by atoms with Gasteiger partial charge in [-0.3, -0.25) is 0 Å². The molecule has 1 aliphatic heterocycles. The van der Waals surface area contributed by atoms with Gasteiger partial charge in [-0.1, -0.05) is 12.1 Å². The molecular weight excluding hydrogens is 350 g/mol. The second-order valence-electron chi connectivity index (χ2n) is 6.63. The molecule has 0 spiro atoms. The van der Waals surface area contributed by atoms with E-state index in [1.54, 1.807) is 41.5 Å². The van der Waals surface area contributed by atoms with Crippen LogP contribution in [0.5, 0.6) is 11.5 Å². The average molecular weight is 369 g/mol. The van der Waals surface area contributed by atoms with Crippen molar-refractivity contribution in [3.05, 3.63) is 47.5 Å². The molecule has 26 heavy (non-hydrogen) atoms. The number of benzene rings is 2. The van der Waals surface area contributed by atoms with E-state index in [-0.39, 0.29) is 6.03 Å². The number of nitrogens with zero attached hydrogens (tertiary/aromatic N) is 2. The molecule has 0 bridgehead atoms. The highest BCUT2D eigenvalue weighted by atomic mass is 32.1. The minimum atomic E-state index is -0.686. The van der Waals surface area contributed by atoms with E-state index in [1.807, 2.05) is 38.1 Å². The first-order chi connectivity index (χ1) is 12.4. The van der Waals surface area contributed by atoms with Crippen LogP contribution in [-0.4, -0.2) is 28.7 Å². The Bertz CT molecular complexity index is 950. The molecule has 6 nitrogen and oxygen atoms in total. The first kappa shape index (κ1) is 16.7. The number of aromatic nitrogens is 1. The van der Waals surface area contributed by atoms with Gasteiger partial charge in [0.15, 0.2) is 11.5 Å². The number of fused-ring (bicyclic) bond motifs is 2. The van der Waals surface area contributed by atoms with E-state index in [1.165, 1.54) is 0 Å². The Labute approximate surface area is 155 Å². The molecule has 0 saturated heterocycles. The fourth-order valence-electron chi connectivity index (χ4n) is 2.78. The quantitative estimate of drug-likeness (QED) is 0.740. The zero-order valence-corrected chi connectivity index (χ0v) is 15.6. The first-order valence-corrected chi connectivity index (χ1v) is 9.10. The smallest absolute Gasteiger partial charge is 0.321 e. The number of amides is 2. The fourth-order valence-corrected chi connectivity index (χ4v) is 3.80. The molecule has 7 heteroatoms. The monoisotopic (exact) mass is 369 g/mol. The maximum Gasteiger partial charge on any atom is 0.321 e. The number of carbonyl (C=O) groups is 1. The summed E-state index contributed by atoms with van der Waals surface area (Å²) in [6.07, 6.45) is 0. The normalized spacial score (nSPS) is 14.4. The largest absolute Gasteiger partial charge is 0.449 e. The van der Waals surface area contributed by atoms with Crippen LogP contribution in [0.15, 0.2) is 42.5 Å². The standard InChI is InChI=1S/C19H19N3O3S/c1-19(2)24-14-9-8-12(10-15(14)25-19)20-18(23)22(3)11-17-21-13-6-4-5-7-16(13)26-17/h4-10H,11H2,1-3H3,(H,20,23). The van der Waals surface area contributed by atoms with Crippen LogP contribution in [0.4, 0.5) is 10.5 Å². The molecule has 0 saturated carbocycles. The molecule has 4 rings (SSSR count). The summed E-state index contributed by atoms with van der Waals surface area (Å²) in [5.41, 5.74) is 1.62. The number of anilines is 1. The van der Waals surface area contributed by atoms with Crippen LogP contribution in [0, 0.1) is 0 Å². The third-order valence-electron chi connectivity index (χ3n) is 3.96. The Balaban J connectivity index is 1.43. The number of para-hydroxylation sites is 1. The third-order valence-corrected chi connectivity index (χ3v) is 4.98. The van der Waals surface area contributed by atoms with Gasteiger partial charge in [0.05, 0.1) is 16.8 Å². The van der Waals surface area contributed by atoms with Crippen LogP contribution in [0.3, 0.4) is 0 Å². The topological polar surface area (TPSA) is 63.7 Å². The second kappa shape index (κ2) is 6.17. The Morgan fingerprint density at radius 3 is 2.77 bits per heavy atom. The number of thiazole rings is 1. The summed E-state index contributed by atoms with van der Waals surface area (Å²) in [6, 6.07) is 13.1. The minimum Gasteiger partial charge on any atom is -0.449 e. The zero-order chi connectivity index (χ0) is 18.3. The molecule has 0 unspecified atom stereocenters. The molecule has 0 aliphatic carbocycles. The van der Waals surface area contributed by atoms with Gasteiger partial charge < -0.3 is 19.7 Å². The van der Waals surface area contributed by atoms with Crippen molar-refractivity contribution in [3.63, 3.8) is 0 Å². The Morgan fingerprint density at radius 2 is 1.96 bits per heavy atom. The lowest BCUT2D eigenvalue weighted by atomic mass is 10.3. The summed E-state index contributed by atoms with van der Waals surface area (Å²) < 4.78 is 12.5. The summed E-state index contributed by atoms with van der Waals surface area (Å²) in [7, 11) is 1.75. The molecule has 0 atom stereocenters. The van der Waals surface area contributed by atoms with Crippen LogP contribution in [0.2, 0.25) is 0 Å². The van der Waals surface area contributed by atoms with Crippen molar-refractivity contribution in [2.24, 2.45) is 0 Å². The van der Waals surface area contributed by atoms with Gasteiger partial charge in [0, 0.05) is 32.6 Å². The molecule has 1 aliphatic rings. The Hall–Kier alpha value is -2.80. The van der Waals surface area contributed by atoms with Crippen LogP contribution >= 0.6 is 11.3 Å². The predicted octanol–water partition coefficient (Wildman–Crippen LogP) is 4.47. The molecule has 0 radical (unpaired) electrons. The van der Waals surface area contributed by atoms with E-state index in [4.69, 9.17) is 9.47 Å². The van der Waals surface area contributed by atoms with Gasteiger partial charge in [-0.25, -0.2) is 9.78 Å². The number of hydrogen-bond donors (Lipinski definition) is 1. The molecular formula is C19H19N3O3S. The van der Waals surface area contributed by atoms with Gasteiger partial charge in [0.2, 0.25) is 5.79 Å². The number of ether oxygens (including phenoxy) is 2. The summed E-state index contributed by atoms with van der Waals surface area (Å²) in [6.45, 7) is 4.14. The molecule has 1 aromatic heterocycles. The predicted molar refractivity (Wildman–Crippen MR) is 102 cm³/mol. The number of nitrogens with one attached hydrogen (secondary N) is 1. The second-order valence-corrected chi connectivity index (χ2v) is 7.74. The van der Waals surface area contributed by atoms with E-state index in [9.17, 15) is 4.79 Å². The van der Waals surface area contributed by atoms with E-state index in [0.717, 1.165) is 15.2 Å². The molecule has 0 fully saturated rings. The van der Waals surface area contributed by atoms with E-state index in [2.05, 4.69) is 10.3 Å². The number of hydrogen-bond acceptors (Lipinski definition) is 5. The minimum absolute atomic E-state index is 0.206. The Morgan fingerprint density at radius 1 is 1.19 bits per heavy atom. The van der Waals surface area contributed by atoms with Crippen LogP contribution in [0.1, 0.15) is 18.9 Å². The lowest BCUT2D eigenvalue weighted by Gasteiger charge is -2.17. The van der Waals surface area contributed by atoms with Crippen molar-refractivity contribution in [2.45, 2.75) is 26.2 Å². The summed E-state index contributed by atoms with van der Waals surface area (Å²) in [5, 5.41) is 3.78. The maximum atomic E-state index is 12.5. The Kier molecular flexibility index (Phi) is 3.96. The van der Waals surface area contributed by atoms with Crippen LogP contribution in [-0.2, 0) is 6.54 Å². The first-order valence-electron chi connectivity index (χ1n) is 8.28. The highest BCUT2D eigenvalue weighted by molar-refractivity contribution is 7.18. The van der Waals surface area contributed by atoms with Crippen LogP contribution in [0.25, 0.3) is 10.2 Å². The summed E-state index contributed by atoms with van der Waals surface area (Å²) >= 11 is 1.60. The van der Waals surface area contributed by atoms with Gasteiger partial charge in [-0.05, 0) is 24.3 Å². The number of carbonyl (C=O) groups excluding carboxylic acids is 1. The van der Waals surface area contributed by atoms with Gasteiger partial charge in [-0.15, -0.1) is 11.3 Å². The van der Waals surface area contributed by atoms with E-state index in [0.29, 0.717) is 23.7 Å². The van der Waals surface area contributed by atoms with Crippen molar-refractivity contribution in [1.29, 1.82) is 0 Å². The van der Waals surface area contributed by atoms with Gasteiger partial charge in [0.1, 0.15) is 5.01 Å². The highest BCUT2D eigenvalue weighted by Gasteiger charge is 2.31. The lowest BCUT2D eigenvalue weighted by molar-refractivity contribution is -0.0431. The lowest BCUT2D eigenvalue weighted by Crippen LogP contribution is -2.30. The average Bonchev–Trinajstić information content (AvgIpc) is 3.12. The van der Waals surface area contributed by atoms with Crippen molar-refractivity contribution in [3.8, 4) is 11.5 Å². The van der Waals surface area contributed by atoms with E-state index < -0.39 is 5.79 Å². The highest BCUT2D eigenvalue weighted by Crippen LogP contribution is 2.40. The number of rotatable bonds is 3. The van der Waals surface area contributed by atoms with Crippen LogP contribution < -0.4 is 14.8 Å². The van der Waals surface area contributed by atoms with Gasteiger partial charge >= 0.3 is 6.03 Å². The molecule has 134 valence electrons. The van der Waals surface area contributed by atoms with E-state index >= 15 is 0 Å². The number of urea groups is 1. The molecule has 2 aromatic carbocycles. The summed E-state index contributed by atoms with van der Waals surface area (Å²) in [4.78, 5) is 18.6. The SMILES string of the molecule is CN(Cc1nc2ccccc2s1)C(=O)Nc1ccc2c(c1)OC(C)(C)O2. The zero-order valence-electron chi connectivity index (χ0n) is 14.8. The summed E-state index contributed by atoms with van der Waals surface area (Å²) in [5.74, 6) is 0.617. The molecule has 1 N–H and O–H groups in total. The fraction of sp³-hybridized carbons (Fsp3) is 0.263. The van der Waals surface area contributed by atoms with Gasteiger partial charge in [-0.2, -0.15) is 0 Å². The van der Waals surface area contributed by atoms with Gasteiger partial charge in [0.25, 0.3) is 0 Å². The third kappa shape index (κ3) is 3.30. The molecule has 2 amide bonds. The van der Waals surface area contributed by atoms with Crippen molar-refractivity contribution in [2.75, 3.05) is 12.4 Å². The molecule has 3 aromatic rings.